The Morgan fingerprint density at radius 3 is 2.44 bits per heavy atom. The summed E-state index contributed by atoms with van der Waals surface area (Å²) in [5, 5.41) is 7.16. The highest BCUT2D eigenvalue weighted by Crippen LogP contribution is 2.25. The van der Waals surface area contributed by atoms with Gasteiger partial charge in [-0.15, -0.1) is 0 Å². The number of halogens is 4. The molecule has 0 radical (unpaired) electrons. The zero-order valence-corrected chi connectivity index (χ0v) is 15.9. The highest BCUT2D eigenvalue weighted by atomic mass is 35.5. The minimum absolute atomic E-state index is 0.0214. The van der Waals surface area contributed by atoms with Gasteiger partial charge in [-0.3, -0.25) is 4.79 Å². The van der Waals surface area contributed by atoms with Gasteiger partial charge in [-0.25, -0.2) is 13.5 Å². The summed E-state index contributed by atoms with van der Waals surface area (Å²) in [5.41, 5.74) is 1.81. The average Bonchev–Trinajstić information content (AvgIpc) is 2.92. The van der Waals surface area contributed by atoms with Crippen molar-refractivity contribution in [2.45, 2.75) is 19.9 Å². The second kappa shape index (κ2) is 7.66. The van der Waals surface area contributed by atoms with E-state index >= 15 is 0 Å². The van der Waals surface area contributed by atoms with Crippen LogP contribution in [0.25, 0.3) is 5.69 Å². The molecule has 0 saturated carbocycles. The van der Waals surface area contributed by atoms with Crippen molar-refractivity contribution in [2.75, 3.05) is 0 Å². The van der Waals surface area contributed by atoms with E-state index in [1.807, 2.05) is 0 Å². The molecule has 0 fully saturated rings. The van der Waals surface area contributed by atoms with E-state index in [0.29, 0.717) is 16.9 Å². The Hall–Kier alpha value is -2.44. The molecule has 4 nitrogen and oxygen atoms in total. The number of nitrogens with zero attached hydrogens (tertiary/aromatic N) is 2. The van der Waals surface area contributed by atoms with E-state index in [9.17, 15) is 13.6 Å². The lowest BCUT2D eigenvalue weighted by Gasteiger charge is -2.15. The molecule has 0 spiro atoms. The van der Waals surface area contributed by atoms with Crippen molar-refractivity contribution < 1.29 is 13.6 Å². The molecule has 1 heterocycles. The number of aryl methyl sites for hydroxylation is 1. The van der Waals surface area contributed by atoms with Crippen LogP contribution in [0, 0.1) is 18.6 Å². The molecule has 1 aromatic heterocycles. The number of hydrogen-bond donors (Lipinski definition) is 1. The summed E-state index contributed by atoms with van der Waals surface area (Å²) in [7, 11) is 0. The van der Waals surface area contributed by atoms with Crippen molar-refractivity contribution in [1.29, 1.82) is 0 Å². The van der Waals surface area contributed by atoms with Crippen LogP contribution >= 0.6 is 23.2 Å². The van der Waals surface area contributed by atoms with Crippen LogP contribution in [0.4, 0.5) is 8.78 Å². The van der Waals surface area contributed by atoms with Gasteiger partial charge in [0, 0.05) is 0 Å². The molecule has 1 amide bonds. The molecule has 0 bridgehead atoms. The quantitative estimate of drug-likeness (QED) is 0.638. The zero-order chi connectivity index (χ0) is 19.7. The molecule has 3 aromatic rings. The molecule has 0 aliphatic heterocycles. The molecule has 0 unspecified atom stereocenters. The number of benzene rings is 2. The fourth-order valence-corrected chi connectivity index (χ4v) is 3.19. The third-order valence-electron chi connectivity index (χ3n) is 4.09. The standard InChI is InChI=1S/C19H15Cl2F2N3O/c1-10(12-3-8-16(23)15(20)9-12)24-19(27)17-11(2)25-26(18(17)21)14-6-4-13(22)5-7-14/h3-10H,1-2H3,(H,24,27)/t10-/m1/s1. The molecular weight excluding hydrogens is 395 g/mol. The Balaban J connectivity index is 1.86. The summed E-state index contributed by atoms with van der Waals surface area (Å²) in [5.74, 6) is -1.35. The molecule has 0 saturated heterocycles. The lowest BCUT2D eigenvalue weighted by Crippen LogP contribution is -2.27. The lowest BCUT2D eigenvalue weighted by molar-refractivity contribution is 0.0939. The van der Waals surface area contributed by atoms with E-state index in [1.165, 1.54) is 41.1 Å². The average molecular weight is 410 g/mol. The number of carbonyl (C=O) groups excluding carboxylic acids is 1. The highest BCUT2D eigenvalue weighted by molar-refractivity contribution is 6.33. The predicted octanol–water partition coefficient (Wildman–Crippen LogP) is 5.26. The van der Waals surface area contributed by atoms with E-state index < -0.39 is 17.8 Å². The molecule has 1 atom stereocenters. The van der Waals surface area contributed by atoms with Crippen LogP contribution in [0.15, 0.2) is 42.5 Å². The largest absolute Gasteiger partial charge is 0.345 e. The number of hydrogen-bond acceptors (Lipinski definition) is 2. The van der Waals surface area contributed by atoms with E-state index in [0.717, 1.165) is 0 Å². The minimum Gasteiger partial charge on any atom is -0.345 e. The maximum absolute atomic E-state index is 13.3. The van der Waals surface area contributed by atoms with Crippen LogP contribution in [0.1, 0.15) is 34.6 Å². The first-order chi connectivity index (χ1) is 12.8. The summed E-state index contributed by atoms with van der Waals surface area (Å²) in [6.07, 6.45) is 0. The van der Waals surface area contributed by atoms with Crippen molar-refractivity contribution in [1.82, 2.24) is 15.1 Å². The Labute approximate surface area is 164 Å². The van der Waals surface area contributed by atoms with E-state index in [2.05, 4.69) is 10.4 Å². The van der Waals surface area contributed by atoms with Gasteiger partial charge < -0.3 is 5.32 Å². The zero-order valence-electron chi connectivity index (χ0n) is 14.4. The fraction of sp³-hybridized carbons (Fsp3) is 0.158. The van der Waals surface area contributed by atoms with Gasteiger partial charge in [0.1, 0.15) is 16.8 Å². The maximum atomic E-state index is 13.3. The molecule has 0 aliphatic rings. The molecule has 3 rings (SSSR count). The first-order valence-electron chi connectivity index (χ1n) is 8.04. The van der Waals surface area contributed by atoms with Gasteiger partial charge in [-0.05, 0) is 55.8 Å². The van der Waals surface area contributed by atoms with Crippen molar-refractivity contribution in [3.8, 4) is 5.69 Å². The van der Waals surface area contributed by atoms with Gasteiger partial charge in [0.25, 0.3) is 5.91 Å². The van der Waals surface area contributed by atoms with Gasteiger partial charge in [-0.1, -0.05) is 29.3 Å². The fourth-order valence-electron chi connectivity index (χ4n) is 2.64. The highest BCUT2D eigenvalue weighted by Gasteiger charge is 2.23. The molecule has 0 aliphatic carbocycles. The van der Waals surface area contributed by atoms with Crippen molar-refractivity contribution in [3.63, 3.8) is 0 Å². The Morgan fingerprint density at radius 2 is 1.81 bits per heavy atom. The normalized spacial score (nSPS) is 12.1. The van der Waals surface area contributed by atoms with Gasteiger partial charge in [0.15, 0.2) is 0 Å². The Morgan fingerprint density at radius 1 is 1.15 bits per heavy atom. The van der Waals surface area contributed by atoms with E-state index in [-0.39, 0.29) is 21.6 Å². The lowest BCUT2D eigenvalue weighted by atomic mass is 10.1. The van der Waals surface area contributed by atoms with Crippen molar-refractivity contribution in [2.24, 2.45) is 0 Å². The predicted molar refractivity (Wildman–Crippen MR) is 101 cm³/mol. The SMILES string of the molecule is Cc1nn(-c2ccc(F)cc2)c(Cl)c1C(=O)N[C@H](C)c1ccc(F)c(Cl)c1. The van der Waals surface area contributed by atoms with Crippen LogP contribution in [0.3, 0.4) is 0 Å². The number of amides is 1. The third-order valence-corrected chi connectivity index (χ3v) is 4.73. The minimum atomic E-state index is -0.529. The summed E-state index contributed by atoms with van der Waals surface area (Å²) >= 11 is 12.1. The van der Waals surface area contributed by atoms with Crippen LogP contribution in [0.5, 0.6) is 0 Å². The Kier molecular flexibility index (Phi) is 5.48. The summed E-state index contributed by atoms with van der Waals surface area (Å²) in [4.78, 5) is 12.7. The van der Waals surface area contributed by atoms with Gasteiger partial charge in [0.2, 0.25) is 0 Å². The van der Waals surface area contributed by atoms with Crippen LogP contribution in [0.2, 0.25) is 10.2 Å². The number of carbonyl (C=O) groups is 1. The smallest absolute Gasteiger partial charge is 0.256 e. The van der Waals surface area contributed by atoms with Crippen molar-refractivity contribution in [3.05, 3.63) is 81.1 Å². The molecule has 8 heteroatoms. The monoisotopic (exact) mass is 409 g/mol. The van der Waals surface area contributed by atoms with Crippen molar-refractivity contribution >= 4 is 29.1 Å². The molecule has 2 aromatic carbocycles. The number of nitrogens with one attached hydrogen (secondary N) is 1. The first-order valence-corrected chi connectivity index (χ1v) is 8.80. The number of aromatic nitrogens is 2. The molecule has 1 N–H and O–H groups in total. The van der Waals surface area contributed by atoms with Crippen LogP contribution < -0.4 is 5.32 Å². The summed E-state index contributed by atoms with van der Waals surface area (Å²) in [6, 6.07) is 9.40. The molecule has 140 valence electrons. The second-order valence-corrected chi connectivity index (χ2v) is 6.77. The van der Waals surface area contributed by atoms with Crippen LogP contribution in [-0.4, -0.2) is 15.7 Å². The topological polar surface area (TPSA) is 46.9 Å². The first kappa shape index (κ1) is 19.3. The maximum Gasteiger partial charge on any atom is 0.256 e. The molecule has 27 heavy (non-hydrogen) atoms. The van der Waals surface area contributed by atoms with Gasteiger partial charge in [-0.2, -0.15) is 5.10 Å². The Bertz CT molecular complexity index is 1000. The van der Waals surface area contributed by atoms with E-state index in [4.69, 9.17) is 23.2 Å². The second-order valence-electron chi connectivity index (χ2n) is 6.01. The van der Waals surface area contributed by atoms with E-state index in [1.54, 1.807) is 19.9 Å². The summed E-state index contributed by atoms with van der Waals surface area (Å²) in [6.45, 7) is 3.40. The third kappa shape index (κ3) is 3.96. The van der Waals surface area contributed by atoms with Gasteiger partial charge in [0.05, 0.1) is 28.0 Å². The summed E-state index contributed by atoms with van der Waals surface area (Å²) < 4.78 is 27.8. The van der Waals surface area contributed by atoms with Crippen LogP contribution in [-0.2, 0) is 0 Å². The van der Waals surface area contributed by atoms with Gasteiger partial charge >= 0.3 is 0 Å². The number of rotatable bonds is 4. The molecular formula is C19H15Cl2F2N3O.